The SMILES string of the molecule is O=C(Nc1cc(F)c2n[nH]c(/C=C/c3ccsc3)c2c1)C1CC1. The number of aromatic amines is 1. The van der Waals surface area contributed by atoms with E-state index in [-0.39, 0.29) is 17.3 Å². The molecule has 0 radical (unpaired) electrons. The quantitative estimate of drug-likeness (QED) is 0.751. The summed E-state index contributed by atoms with van der Waals surface area (Å²) in [5, 5.41) is 14.3. The molecule has 2 N–H and O–H groups in total. The molecule has 1 aromatic carbocycles. The number of nitrogens with zero attached hydrogens (tertiary/aromatic N) is 1. The number of thiophene rings is 1. The molecule has 2 aromatic heterocycles. The van der Waals surface area contributed by atoms with Crippen LogP contribution in [0, 0.1) is 11.7 Å². The van der Waals surface area contributed by atoms with Gasteiger partial charge < -0.3 is 5.32 Å². The Morgan fingerprint density at radius 2 is 2.26 bits per heavy atom. The maximum absolute atomic E-state index is 14.2. The first-order valence-electron chi connectivity index (χ1n) is 7.39. The van der Waals surface area contributed by atoms with Crippen LogP contribution in [-0.2, 0) is 4.79 Å². The van der Waals surface area contributed by atoms with E-state index in [0.29, 0.717) is 16.8 Å². The second kappa shape index (κ2) is 5.62. The lowest BCUT2D eigenvalue weighted by molar-refractivity contribution is -0.117. The van der Waals surface area contributed by atoms with E-state index in [4.69, 9.17) is 0 Å². The summed E-state index contributed by atoms with van der Waals surface area (Å²) < 4.78 is 14.2. The van der Waals surface area contributed by atoms with E-state index in [0.717, 1.165) is 18.4 Å². The largest absolute Gasteiger partial charge is 0.326 e. The number of carbonyl (C=O) groups excluding carboxylic acids is 1. The molecule has 0 bridgehead atoms. The zero-order chi connectivity index (χ0) is 15.8. The second-order valence-electron chi connectivity index (χ2n) is 5.65. The van der Waals surface area contributed by atoms with E-state index in [2.05, 4.69) is 15.5 Å². The molecule has 23 heavy (non-hydrogen) atoms. The van der Waals surface area contributed by atoms with Crippen LogP contribution < -0.4 is 5.32 Å². The van der Waals surface area contributed by atoms with Crippen LogP contribution in [0.3, 0.4) is 0 Å². The van der Waals surface area contributed by atoms with Crippen LogP contribution in [0.1, 0.15) is 24.1 Å². The molecule has 0 spiro atoms. The summed E-state index contributed by atoms with van der Waals surface area (Å²) in [5.41, 5.74) is 2.54. The van der Waals surface area contributed by atoms with Crippen LogP contribution in [0.5, 0.6) is 0 Å². The fourth-order valence-electron chi connectivity index (χ4n) is 2.43. The molecule has 4 rings (SSSR count). The minimum atomic E-state index is -0.444. The Kier molecular flexibility index (Phi) is 3.46. The van der Waals surface area contributed by atoms with Crippen LogP contribution in [0.4, 0.5) is 10.1 Å². The average Bonchev–Trinajstić information content (AvgIpc) is 3.10. The van der Waals surface area contributed by atoms with Gasteiger partial charge in [-0.2, -0.15) is 16.4 Å². The Bertz CT molecular complexity index is 894. The highest BCUT2D eigenvalue weighted by Gasteiger charge is 2.29. The monoisotopic (exact) mass is 327 g/mol. The van der Waals surface area contributed by atoms with E-state index in [9.17, 15) is 9.18 Å². The number of amides is 1. The first kappa shape index (κ1) is 14.1. The number of carbonyl (C=O) groups is 1. The highest BCUT2D eigenvalue weighted by atomic mass is 32.1. The van der Waals surface area contributed by atoms with Crippen molar-refractivity contribution in [1.29, 1.82) is 0 Å². The van der Waals surface area contributed by atoms with Crippen LogP contribution in [0.25, 0.3) is 23.1 Å². The number of halogens is 1. The Morgan fingerprint density at radius 3 is 3.00 bits per heavy atom. The number of H-pyrrole nitrogens is 1. The molecule has 0 saturated heterocycles. The third-order valence-corrected chi connectivity index (χ3v) is 4.54. The smallest absolute Gasteiger partial charge is 0.227 e. The molecule has 0 unspecified atom stereocenters. The first-order valence-corrected chi connectivity index (χ1v) is 8.34. The van der Waals surface area contributed by atoms with Gasteiger partial charge in [-0.25, -0.2) is 4.39 Å². The predicted octanol–water partition coefficient (Wildman–Crippen LogP) is 4.28. The summed E-state index contributed by atoms with van der Waals surface area (Å²) >= 11 is 1.62. The van der Waals surface area contributed by atoms with Gasteiger partial charge in [0.2, 0.25) is 5.91 Å². The standard InChI is InChI=1S/C17H14FN3OS/c18-14-8-12(19-17(22)11-2-3-11)7-13-15(20-21-16(13)14)4-1-10-5-6-23-9-10/h1,4-9,11H,2-3H2,(H,19,22)(H,20,21)/b4-1+. The zero-order valence-electron chi connectivity index (χ0n) is 12.2. The molecular formula is C17H14FN3OS. The van der Waals surface area contributed by atoms with Crippen molar-refractivity contribution in [2.75, 3.05) is 5.32 Å². The Labute approximate surface area is 136 Å². The number of hydrogen-bond acceptors (Lipinski definition) is 3. The van der Waals surface area contributed by atoms with Crippen molar-refractivity contribution in [2.24, 2.45) is 5.92 Å². The van der Waals surface area contributed by atoms with Crippen molar-refractivity contribution in [3.05, 3.63) is 46.0 Å². The Balaban J connectivity index is 1.68. The number of fused-ring (bicyclic) bond motifs is 1. The summed E-state index contributed by atoms with van der Waals surface area (Å²) in [6.07, 6.45) is 5.63. The lowest BCUT2D eigenvalue weighted by Crippen LogP contribution is -2.13. The van der Waals surface area contributed by atoms with Crippen LogP contribution in [-0.4, -0.2) is 16.1 Å². The maximum Gasteiger partial charge on any atom is 0.227 e. The number of nitrogens with one attached hydrogen (secondary N) is 2. The summed E-state index contributed by atoms with van der Waals surface area (Å²) in [4.78, 5) is 11.9. The van der Waals surface area contributed by atoms with E-state index in [1.807, 2.05) is 29.0 Å². The minimum absolute atomic E-state index is 0.0392. The molecule has 3 aromatic rings. The van der Waals surface area contributed by atoms with Crippen LogP contribution >= 0.6 is 11.3 Å². The van der Waals surface area contributed by atoms with E-state index >= 15 is 0 Å². The number of aromatic nitrogens is 2. The van der Waals surface area contributed by atoms with Crippen molar-refractivity contribution < 1.29 is 9.18 Å². The highest BCUT2D eigenvalue weighted by molar-refractivity contribution is 7.08. The van der Waals surface area contributed by atoms with Crippen molar-refractivity contribution in [3.8, 4) is 0 Å². The predicted molar refractivity (Wildman–Crippen MR) is 90.7 cm³/mol. The molecule has 4 nitrogen and oxygen atoms in total. The van der Waals surface area contributed by atoms with Crippen molar-refractivity contribution in [1.82, 2.24) is 10.2 Å². The highest BCUT2D eigenvalue weighted by Crippen LogP contribution is 2.31. The van der Waals surface area contributed by atoms with Crippen molar-refractivity contribution >= 4 is 46.0 Å². The molecule has 1 fully saturated rings. The number of rotatable bonds is 4. The summed E-state index contributed by atoms with van der Waals surface area (Å²) in [6.45, 7) is 0. The summed E-state index contributed by atoms with van der Waals surface area (Å²) in [7, 11) is 0. The zero-order valence-corrected chi connectivity index (χ0v) is 13.0. The van der Waals surface area contributed by atoms with Crippen molar-refractivity contribution in [3.63, 3.8) is 0 Å². The van der Waals surface area contributed by atoms with Gasteiger partial charge in [0.15, 0.2) is 5.82 Å². The van der Waals surface area contributed by atoms with Gasteiger partial charge >= 0.3 is 0 Å². The van der Waals surface area contributed by atoms with Gasteiger partial charge in [-0.15, -0.1) is 0 Å². The van der Waals surface area contributed by atoms with E-state index in [1.54, 1.807) is 17.4 Å². The van der Waals surface area contributed by atoms with Gasteiger partial charge in [-0.3, -0.25) is 9.89 Å². The van der Waals surface area contributed by atoms with Crippen molar-refractivity contribution in [2.45, 2.75) is 12.8 Å². The third-order valence-electron chi connectivity index (χ3n) is 3.84. The number of hydrogen-bond donors (Lipinski definition) is 2. The second-order valence-corrected chi connectivity index (χ2v) is 6.43. The minimum Gasteiger partial charge on any atom is -0.326 e. The fourth-order valence-corrected chi connectivity index (χ4v) is 3.06. The van der Waals surface area contributed by atoms with Gasteiger partial charge in [0.1, 0.15) is 5.52 Å². The Hall–Kier alpha value is -2.47. The average molecular weight is 327 g/mol. The van der Waals surface area contributed by atoms with Crippen LogP contribution in [0.2, 0.25) is 0 Å². The van der Waals surface area contributed by atoms with Gasteiger partial charge in [0, 0.05) is 17.0 Å². The van der Waals surface area contributed by atoms with E-state index in [1.165, 1.54) is 6.07 Å². The molecule has 1 amide bonds. The third kappa shape index (κ3) is 2.90. The van der Waals surface area contributed by atoms with Gasteiger partial charge in [-0.1, -0.05) is 6.08 Å². The molecule has 1 aliphatic rings. The lowest BCUT2D eigenvalue weighted by atomic mass is 10.1. The summed E-state index contributed by atoms with van der Waals surface area (Å²) in [6, 6.07) is 5.08. The fraction of sp³-hybridized carbons (Fsp3) is 0.176. The molecule has 1 saturated carbocycles. The molecule has 1 aliphatic carbocycles. The maximum atomic E-state index is 14.2. The molecule has 2 heterocycles. The number of benzene rings is 1. The van der Waals surface area contributed by atoms with Gasteiger partial charge in [-0.05, 0) is 53.4 Å². The van der Waals surface area contributed by atoms with Gasteiger partial charge in [0.25, 0.3) is 0 Å². The molecule has 0 atom stereocenters. The molecule has 6 heteroatoms. The van der Waals surface area contributed by atoms with E-state index < -0.39 is 5.82 Å². The lowest BCUT2D eigenvalue weighted by Gasteiger charge is -2.05. The van der Waals surface area contributed by atoms with Gasteiger partial charge in [0.05, 0.1) is 5.69 Å². The summed E-state index contributed by atoms with van der Waals surface area (Å²) in [5.74, 6) is -0.404. The topological polar surface area (TPSA) is 57.8 Å². The molecular weight excluding hydrogens is 313 g/mol. The molecule has 0 aliphatic heterocycles. The number of anilines is 1. The normalized spacial score (nSPS) is 14.7. The van der Waals surface area contributed by atoms with Crippen LogP contribution in [0.15, 0.2) is 29.0 Å². The molecule has 116 valence electrons. The first-order chi connectivity index (χ1) is 11.2. The Morgan fingerprint density at radius 1 is 1.39 bits per heavy atom.